The fraction of sp³-hybridized carbons (Fsp3) is 0.583. The van der Waals surface area contributed by atoms with E-state index in [1.54, 1.807) is 17.6 Å². The maximum absolute atomic E-state index is 11.6. The van der Waals surface area contributed by atoms with Crippen LogP contribution >= 0.6 is 11.3 Å². The van der Waals surface area contributed by atoms with Crippen LogP contribution in [-0.4, -0.2) is 54.3 Å². The minimum atomic E-state index is -0.875. The molecule has 1 heterocycles. The molecule has 0 bridgehead atoms. The second-order valence-corrected chi connectivity index (χ2v) is 6.94. The zero-order valence-electron chi connectivity index (χ0n) is 11.5. The van der Waals surface area contributed by atoms with Gasteiger partial charge in [0.05, 0.1) is 6.04 Å². The van der Waals surface area contributed by atoms with Gasteiger partial charge in [-0.3, -0.25) is 4.21 Å². The van der Waals surface area contributed by atoms with E-state index in [0.29, 0.717) is 18.8 Å². The van der Waals surface area contributed by atoms with Crippen LogP contribution in [0.15, 0.2) is 17.5 Å². The summed E-state index contributed by atoms with van der Waals surface area (Å²) in [6.07, 6.45) is 1.62. The van der Waals surface area contributed by atoms with E-state index in [1.807, 2.05) is 25.5 Å². The topological polar surface area (TPSA) is 61.4 Å². The highest BCUT2D eigenvalue weighted by Gasteiger charge is 2.15. The Kier molecular flexibility index (Phi) is 7.04. The minimum absolute atomic E-state index is 0.172. The highest BCUT2D eigenvalue weighted by molar-refractivity contribution is 7.84. The maximum atomic E-state index is 11.6. The van der Waals surface area contributed by atoms with Crippen molar-refractivity contribution in [1.29, 1.82) is 0 Å². The first kappa shape index (κ1) is 16.1. The van der Waals surface area contributed by atoms with Crippen LogP contribution in [-0.2, 0) is 10.8 Å². The van der Waals surface area contributed by atoms with Crippen molar-refractivity contribution in [3.05, 3.63) is 22.4 Å². The molecule has 1 aromatic rings. The lowest BCUT2D eigenvalue weighted by Crippen LogP contribution is -2.41. The first-order valence-electron chi connectivity index (χ1n) is 6.02. The van der Waals surface area contributed by atoms with Gasteiger partial charge in [-0.2, -0.15) is 0 Å². The van der Waals surface area contributed by atoms with Gasteiger partial charge in [0.1, 0.15) is 0 Å². The molecule has 0 saturated carbocycles. The van der Waals surface area contributed by atoms with Crippen LogP contribution in [0.3, 0.4) is 0 Å². The summed E-state index contributed by atoms with van der Waals surface area (Å²) < 4.78 is 10.9. The van der Waals surface area contributed by atoms with Crippen molar-refractivity contribution in [1.82, 2.24) is 15.5 Å². The zero-order valence-corrected chi connectivity index (χ0v) is 13.1. The van der Waals surface area contributed by atoms with E-state index >= 15 is 0 Å². The number of hydrogen-bond donors (Lipinski definition) is 2. The minimum Gasteiger partial charge on any atom is -0.337 e. The van der Waals surface area contributed by atoms with Gasteiger partial charge in [-0.05, 0) is 25.5 Å². The Morgan fingerprint density at radius 2 is 2.21 bits per heavy atom. The summed E-state index contributed by atoms with van der Waals surface area (Å²) in [5.74, 6) is 0.482. The van der Waals surface area contributed by atoms with Gasteiger partial charge in [0.15, 0.2) is 0 Å². The fourth-order valence-corrected chi connectivity index (χ4v) is 2.89. The normalized spacial score (nSPS) is 14.1. The molecular weight excluding hydrogens is 282 g/mol. The first-order valence-corrected chi connectivity index (χ1v) is 8.63. The summed E-state index contributed by atoms with van der Waals surface area (Å²) in [7, 11) is 3.11. The Hall–Kier alpha value is -0.920. The predicted octanol–water partition coefficient (Wildman–Crippen LogP) is 1.03. The molecule has 0 fully saturated rings. The standard InChI is InChI=1S/C12H21N3O2S2/c1-15(2)10(11-5-4-7-18-11)9-14-12(16)13-6-8-19(3)17/h4-5,7,10H,6,8-9H2,1-3H3,(H2,13,14,16)/t10-,19+/m0/s1. The Morgan fingerprint density at radius 1 is 1.47 bits per heavy atom. The van der Waals surface area contributed by atoms with E-state index in [2.05, 4.69) is 21.6 Å². The lowest BCUT2D eigenvalue weighted by atomic mass is 10.2. The fourth-order valence-electron chi connectivity index (χ4n) is 1.58. The number of hydrogen-bond acceptors (Lipinski definition) is 4. The van der Waals surface area contributed by atoms with Crippen LogP contribution in [0, 0.1) is 0 Å². The van der Waals surface area contributed by atoms with Crippen LogP contribution < -0.4 is 10.6 Å². The van der Waals surface area contributed by atoms with E-state index in [4.69, 9.17) is 0 Å². The van der Waals surface area contributed by atoms with Gasteiger partial charge in [-0.1, -0.05) is 6.07 Å². The van der Waals surface area contributed by atoms with Crippen LogP contribution in [0.25, 0.3) is 0 Å². The summed E-state index contributed by atoms with van der Waals surface area (Å²) in [5.41, 5.74) is 0. The average Bonchev–Trinajstić information content (AvgIpc) is 2.82. The van der Waals surface area contributed by atoms with Crippen molar-refractivity contribution in [2.45, 2.75) is 6.04 Å². The van der Waals surface area contributed by atoms with Crippen LogP contribution in [0.2, 0.25) is 0 Å². The summed E-state index contributed by atoms with van der Waals surface area (Å²) in [6, 6.07) is 4.03. The van der Waals surface area contributed by atoms with Crippen molar-refractivity contribution in [3.63, 3.8) is 0 Å². The number of nitrogens with zero attached hydrogens (tertiary/aromatic N) is 1. The second kappa shape index (κ2) is 8.29. The van der Waals surface area contributed by atoms with E-state index in [0.717, 1.165) is 0 Å². The molecule has 108 valence electrons. The highest BCUT2D eigenvalue weighted by atomic mass is 32.2. The molecule has 1 aromatic heterocycles. The molecule has 1 rings (SSSR count). The predicted molar refractivity (Wildman–Crippen MR) is 81.1 cm³/mol. The third-order valence-electron chi connectivity index (χ3n) is 2.63. The zero-order chi connectivity index (χ0) is 14.3. The number of nitrogens with one attached hydrogen (secondary N) is 2. The van der Waals surface area contributed by atoms with Gasteiger partial charge in [0, 0.05) is 40.8 Å². The molecule has 0 aliphatic heterocycles. The number of thiophene rings is 1. The summed E-state index contributed by atoms with van der Waals surface area (Å²) in [5, 5.41) is 7.57. The van der Waals surface area contributed by atoms with Gasteiger partial charge in [-0.15, -0.1) is 11.3 Å². The van der Waals surface area contributed by atoms with E-state index in [-0.39, 0.29) is 12.1 Å². The summed E-state index contributed by atoms with van der Waals surface area (Å²) in [6.45, 7) is 0.981. The Balaban J connectivity index is 2.36. The lowest BCUT2D eigenvalue weighted by Gasteiger charge is -2.23. The van der Waals surface area contributed by atoms with Gasteiger partial charge in [0.2, 0.25) is 0 Å². The monoisotopic (exact) mass is 303 g/mol. The number of rotatable bonds is 7. The van der Waals surface area contributed by atoms with Gasteiger partial charge in [0.25, 0.3) is 0 Å². The highest BCUT2D eigenvalue weighted by Crippen LogP contribution is 2.22. The number of likely N-dealkylation sites (N-methyl/N-ethyl adjacent to an activating group) is 1. The molecular formula is C12H21N3O2S2. The molecule has 0 saturated heterocycles. The third-order valence-corrected chi connectivity index (χ3v) is 4.38. The molecule has 5 nitrogen and oxygen atoms in total. The first-order chi connectivity index (χ1) is 9.00. The quantitative estimate of drug-likeness (QED) is 0.791. The van der Waals surface area contributed by atoms with Crippen molar-refractivity contribution in [2.75, 3.05) is 39.2 Å². The molecule has 0 aliphatic carbocycles. The molecule has 0 aliphatic rings. The Bertz CT molecular complexity index is 407. The Labute approximate surface area is 120 Å². The molecule has 2 N–H and O–H groups in total. The third kappa shape index (κ3) is 6.17. The molecule has 0 aromatic carbocycles. The molecule has 2 amide bonds. The summed E-state index contributed by atoms with van der Waals surface area (Å²) >= 11 is 1.68. The number of urea groups is 1. The molecule has 0 unspecified atom stereocenters. The smallest absolute Gasteiger partial charge is 0.314 e. The Morgan fingerprint density at radius 3 is 2.74 bits per heavy atom. The number of carbonyl (C=O) groups is 1. The number of carbonyl (C=O) groups excluding carboxylic acids is 1. The van der Waals surface area contributed by atoms with Crippen LogP contribution in [0.1, 0.15) is 10.9 Å². The van der Waals surface area contributed by atoms with Gasteiger partial charge < -0.3 is 15.5 Å². The van der Waals surface area contributed by atoms with Crippen LogP contribution in [0.4, 0.5) is 4.79 Å². The maximum Gasteiger partial charge on any atom is 0.314 e. The summed E-state index contributed by atoms with van der Waals surface area (Å²) in [4.78, 5) is 14.9. The van der Waals surface area contributed by atoms with E-state index < -0.39 is 10.8 Å². The lowest BCUT2D eigenvalue weighted by molar-refractivity contribution is 0.234. The van der Waals surface area contributed by atoms with Crippen molar-refractivity contribution in [2.24, 2.45) is 0 Å². The van der Waals surface area contributed by atoms with E-state index in [1.165, 1.54) is 4.88 Å². The molecule has 19 heavy (non-hydrogen) atoms. The second-order valence-electron chi connectivity index (χ2n) is 4.41. The van der Waals surface area contributed by atoms with Crippen molar-refractivity contribution < 1.29 is 9.00 Å². The average molecular weight is 303 g/mol. The molecule has 0 spiro atoms. The molecule has 0 radical (unpaired) electrons. The largest absolute Gasteiger partial charge is 0.337 e. The van der Waals surface area contributed by atoms with Gasteiger partial charge in [-0.25, -0.2) is 4.79 Å². The SMILES string of the molecule is CN(C)[C@@H](CNC(=O)NCC[S@@](C)=O)c1cccs1. The molecule has 2 atom stereocenters. The van der Waals surface area contributed by atoms with Crippen molar-refractivity contribution in [3.8, 4) is 0 Å². The number of amides is 2. The van der Waals surface area contributed by atoms with Crippen LogP contribution in [0.5, 0.6) is 0 Å². The van der Waals surface area contributed by atoms with Crippen molar-refractivity contribution >= 4 is 28.2 Å². The van der Waals surface area contributed by atoms with Gasteiger partial charge >= 0.3 is 6.03 Å². The van der Waals surface area contributed by atoms with E-state index in [9.17, 15) is 9.00 Å². The molecule has 7 heteroatoms.